The highest BCUT2D eigenvalue weighted by Crippen LogP contribution is 2.22. The van der Waals surface area contributed by atoms with Gasteiger partial charge >= 0.3 is 6.18 Å². The van der Waals surface area contributed by atoms with Gasteiger partial charge in [-0.3, -0.25) is 0 Å². The molecule has 0 spiro atoms. The van der Waals surface area contributed by atoms with Crippen LogP contribution in [0, 0.1) is 0 Å². The highest BCUT2D eigenvalue weighted by Gasteiger charge is 2.38. The van der Waals surface area contributed by atoms with Crippen molar-refractivity contribution in [1.82, 2.24) is 5.16 Å². The number of aliphatic hydroxyl groups excluding tert-OH is 1. The van der Waals surface area contributed by atoms with Gasteiger partial charge in [0.15, 0.2) is 6.10 Å². The van der Waals surface area contributed by atoms with E-state index in [1.807, 2.05) is 0 Å². The Bertz CT molecular complexity index is 231. The largest absolute Gasteiger partial charge is 0.414 e. The molecule has 0 aromatic carbocycles. The van der Waals surface area contributed by atoms with Crippen LogP contribution in [-0.2, 0) is 6.42 Å². The second kappa shape index (κ2) is 3.14. The van der Waals surface area contributed by atoms with Gasteiger partial charge in [-0.05, 0) is 0 Å². The molecule has 0 aliphatic rings. The van der Waals surface area contributed by atoms with Gasteiger partial charge in [0.25, 0.3) is 0 Å². The first kappa shape index (κ1) is 9.05. The Morgan fingerprint density at radius 3 is 2.67 bits per heavy atom. The summed E-state index contributed by atoms with van der Waals surface area (Å²) in [6.45, 7) is 0. The van der Waals surface area contributed by atoms with Crippen molar-refractivity contribution in [1.29, 1.82) is 0 Å². The number of rotatable bonds is 2. The molecular formula is C6H6F3NO2. The Balaban J connectivity index is 2.53. The first-order valence-electron chi connectivity index (χ1n) is 3.14. The van der Waals surface area contributed by atoms with Gasteiger partial charge in [0.05, 0.1) is 5.69 Å². The molecule has 1 aromatic heterocycles. The third kappa shape index (κ3) is 2.23. The summed E-state index contributed by atoms with van der Waals surface area (Å²) in [6, 6.07) is 1.27. The molecule has 0 aliphatic heterocycles. The van der Waals surface area contributed by atoms with Crippen molar-refractivity contribution in [2.45, 2.75) is 18.7 Å². The predicted octanol–water partition coefficient (Wildman–Crippen LogP) is 1.14. The number of nitrogens with zero attached hydrogens (tertiary/aromatic N) is 1. The molecule has 0 aliphatic carbocycles. The van der Waals surface area contributed by atoms with Crippen LogP contribution in [0.2, 0.25) is 0 Å². The lowest BCUT2D eigenvalue weighted by atomic mass is 10.2. The summed E-state index contributed by atoms with van der Waals surface area (Å²) in [5, 5.41) is 11.8. The normalized spacial score (nSPS) is 14.7. The van der Waals surface area contributed by atoms with E-state index in [1.165, 1.54) is 6.07 Å². The second-order valence-electron chi connectivity index (χ2n) is 2.25. The molecule has 1 aromatic rings. The number of halogens is 3. The zero-order valence-corrected chi connectivity index (χ0v) is 5.88. The van der Waals surface area contributed by atoms with Crippen LogP contribution in [0.1, 0.15) is 5.69 Å². The molecule has 0 radical (unpaired) electrons. The van der Waals surface area contributed by atoms with Gasteiger partial charge in [-0.2, -0.15) is 13.2 Å². The third-order valence-electron chi connectivity index (χ3n) is 1.27. The molecular weight excluding hydrogens is 175 g/mol. The van der Waals surface area contributed by atoms with Gasteiger partial charge in [0.1, 0.15) is 6.26 Å². The van der Waals surface area contributed by atoms with Gasteiger partial charge in [0.2, 0.25) is 0 Å². The summed E-state index contributed by atoms with van der Waals surface area (Å²) >= 11 is 0. The van der Waals surface area contributed by atoms with Gasteiger partial charge < -0.3 is 9.63 Å². The molecule has 6 heteroatoms. The molecule has 0 saturated heterocycles. The van der Waals surface area contributed by atoms with E-state index in [-0.39, 0.29) is 5.69 Å². The molecule has 0 saturated carbocycles. The molecule has 1 heterocycles. The van der Waals surface area contributed by atoms with Crippen LogP contribution >= 0.6 is 0 Å². The van der Waals surface area contributed by atoms with E-state index in [0.717, 1.165) is 6.26 Å². The van der Waals surface area contributed by atoms with Gasteiger partial charge in [-0.15, -0.1) is 0 Å². The highest BCUT2D eigenvalue weighted by atomic mass is 19.4. The maximum atomic E-state index is 11.7. The molecule has 1 N–H and O–H groups in total. The Morgan fingerprint density at radius 2 is 2.25 bits per heavy atom. The predicted molar refractivity (Wildman–Crippen MR) is 32.3 cm³/mol. The van der Waals surface area contributed by atoms with Crippen molar-refractivity contribution in [2.24, 2.45) is 0 Å². The number of aromatic nitrogens is 1. The van der Waals surface area contributed by atoms with Crippen LogP contribution < -0.4 is 0 Å². The number of hydrogen-bond donors (Lipinski definition) is 1. The van der Waals surface area contributed by atoms with Crippen molar-refractivity contribution in [3.63, 3.8) is 0 Å². The molecule has 68 valence electrons. The zero-order valence-electron chi connectivity index (χ0n) is 5.88. The van der Waals surface area contributed by atoms with Crippen molar-refractivity contribution in [3.05, 3.63) is 18.0 Å². The highest BCUT2D eigenvalue weighted by molar-refractivity contribution is 4.97. The first-order chi connectivity index (χ1) is 5.50. The average molecular weight is 181 g/mol. The Kier molecular flexibility index (Phi) is 2.37. The van der Waals surface area contributed by atoms with E-state index >= 15 is 0 Å². The Hall–Kier alpha value is -1.04. The second-order valence-corrected chi connectivity index (χ2v) is 2.25. The molecule has 1 rings (SSSR count). The molecule has 3 nitrogen and oxygen atoms in total. The van der Waals surface area contributed by atoms with Gasteiger partial charge in [0, 0.05) is 12.5 Å². The maximum absolute atomic E-state index is 11.7. The molecule has 0 bridgehead atoms. The molecule has 12 heavy (non-hydrogen) atoms. The van der Waals surface area contributed by atoms with E-state index in [9.17, 15) is 13.2 Å². The first-order valence-corrected chi connectivity index (χ1v) is 3.14. The van der Waals surface area contributed by atoms with E-state index in [4.69, 9.17) is 5.11 Å². The lowest BCUT2D eigenvalue weighted by Crippen LogP contribution is -2.30. The molecule has 0 amide bonds. The minimum atomic E-state index is -4.60. The smallest absolute Gasteiger partial charge is 0.383 e. The average Bonchev–Trinajstić information content (AvgIpc) is 2.37. The number of aliphatic hydroxyl groups is 1. The summed E-state index contributed by atoms with van der Waals surface area (Å²) in [4.78, 5) is 0. The standard InChI is InChI=1S/C6H6F3NO2/c7-6(8,9)5(11)3-4-1-2-12-10-4/h1-2,5,11H,3H2. The lowest BCUT2D eigenvalue weighted by Gasteiger charge is -2.11. The van der Waals surface area contributed by atoms with Crippen LogP contribution in [0.5, 0.6) is 0 Å². The molecule has 0 fully saturated rings. The van der Waals surface area contributed by atoms with Crippen molar-refractivity contribution < 1.29 is 22.8 Å². The number of alkyl halides is 3. The maximum Gasteiger partial charge on any atom is 0.414 e. The monoisotopic (exact) mass is 181 g/mol. The fraction of sp³-hybridized carbons (Fsp3) is 0.500. The van der Waals surface area contributed by atoms with E-state index < -0.39 is 18.7 Å². The van der Waals surface area contributed by atoms with Crippen molar-refractivity contribution in [3.8, 4) is 0 Å². The van der Waals surface area contributed by atoms with Crippen LogP contribution in [0.4, 0.5) is 13.2 Å². The summed E-state index contributed by atoms with van der Waals surface area (Å²) in [6.07, 6.45) is -6.39. The lowest BCUT2D eigenvalue weighted by molar-refractivity contribution is -0.203. The molecule has 1 atom stereocenters. The van der Waals surface area contributed by atoms with E-state index in [0.29, 0.717) is 0 Å². The SMILES string of the molecule is OC(Cc1ccon1)C(F)(F)F. The molecule has 1 unspecified atom stereocenters. The van der Waals surface area contributed by atoms with Crippen LogP contribution in [-0.4, -0.2) is 22.5 Å². The topological polar surface area (TPSA) is 46.3 Å². The van der Waals surface area contributed by atoms with E-state index in [1.54, 1.807) is 0 Å². The summed E-state index contributed by atoms with van der Waals surface area (Å²) in [7, 11) is 0. The van der Waals surface area contributed by atoms with Crippen molar-refractivity contribution >= 4 is 0 Å². The van der Waals surface area contributed by atoms with Crippen LogP contribution in [0.15, 0.2) is 16.9 Å². The Labute approximate surface area is 65.8 Å². The Morgan fingerprint density at radius 1 is 1.58 bits per heavy atom. The van der Waals surface area contributed by atoms with Gasteiger partial charge in [-0.25, -0.2) is 0 Å². The fourth-order valence-corrected chi connectivity index (χ4v) is 0.657. The van der Waals surface area contributed by atoms with Crippen molar-refractivity contribution in [2.75, 3.05) is 0 Å². The van der Waals surface area contributed by atoms with Gasteiger partial charge in [-0.1, -0.05) is 5.16 Å². The quantitative estimate of drug-likeness (QED) is 0.744. The van der Waals surface area contributed by atoms with Crippen LogP contribution in [0.3, 0.4) is 0 Å². The zero-order chi connectivity index (χ0) is 9.19. The summed E-state index contributed by atoms with van der Waals surface area (Å²) < 4.78 is 39.5. The van der Waals surface area contributed by atoms with E-state index in [2.05, 4.69) is 9.68 Å². The minimum Gasteiger partial charge on any atom is -0.383 e. The number of hydrogen-bond acceptors (Lipinski definition) is 3. The minimum absolute atomic E-state index is 0.0832. The fourth-order valence-electron chi connectivity index (χ4n) is 0.657. The summed E-state index contributed by atoms with van der Waals surface area (Å²) in [5.74, 6) is 0. The summed E-state index contributed by atoms with van der Waals surface area (Å²) in [5.41, 5.74) is 0.0832. The van der Waals surface area contributed by atoms with Crippen LogP contribution in [0.25, 0.3) is 0 Å². The third-order valence-corrected chi connectivity index (χ3v) is 1.27.